The molecule has 0 unspecified atom stereocenters. The first-order chi connectivity index (χ1) is 6.50. The average molecular weight is 216 g/mol. The van der Waals surface area contributed by atoms with Gasteiger partial charge < -0.3 is 5.11 Å². The molecule has 1 rings (SSSR count). The van der Waals surface area contributed by atoms with Gasteiger partial charge in [0.1, 0.15) is 5.75 Å². The van der Waals surface area contributed by atoms with Gasteiger partial charge in [-0.2, -0.15) is 0 Å². The Hall–Kier alpha value is -1.62. The molecule has 1 aromatic carbocycles. The molecule has 5 nitrogen and oxygen atoms in total. The van der Waals surface area contributed by atoms with E-state index >= 15 is 0 Å². The summed E-state index contributed by atoms with van der Waals surface area (Å²) < 4.78 is 0. The number of hydrogen-bond acceptors (Lipinski definition) is 4. The molecule has 6 heteroatoms. The second-order valence-corrected chi connectivity index (χ2v) is 3.01. The third-order valence-corrected chi connectivity index (χ3v) is 1.77. The number of phenols is 1. The number of nitrogens with zero attached hydrogens (tertiary/aromatic N) is 1. The highest BCUT2D eigenvalue weighted by atomic mass is 35.5. The molecule has 0 aromatic heterocycles. The van der Waals surface area contributed by atoms with Crippen LogP contribution in [0.4, 0.5) is 0 Å². The highest BCUT2D eigenvalue weighted by molar-refractivity contribution is 6.31. The molecule has 14 heavy (non-hydrogen) atoms. The van der Waals surface area contributed by atoms with E-state index in [1.165, 1.54) is 18.2 Å². The second kappa shape index (κ2) is 4.06. The summed E-state index contributed by atoms with van der Waals surface area (Å²) in [6.45, 7) is -0.853. The molecule has 0 aliphatic carbocycles. The van der Waals surface area contributed by atoms with Crippen molar-refractivity contribution < 1.29 is 14.8 Å². The van der Waals surface area contributed by atoms with Crippen LogP contribution in [0.3, 0.4) is 0 Å². The number of phenolic OH excluding ortho intramolecular Hbond substituents is 1. The van der Waals surface area contributed by atoms with Crippen LogP contribution in [-0.2, 0) is 0 Å². The van der Waals surface area contributed by atoms with E-state index in [2.05, 4.69) is 0 Å². The zero-order chi connectivity index (χ0) is 10.7. The molecular formula is C8H6ClNO4. The zero-order valence-corrected chi connectivity index (χ0v) is 7.69. The number of benzene rings is 1. The van der Waals surface area contributed by atoms with Crippen LogP contribution in [0.15, 0.2) is 18.2 Å². The average Bonchev–Trinajstić information content (AvgIpc) is 2.08. The van der Waals surface area contributed by atoms with E-state index < -0.39 is 17.3 Å². The van der Waals surface area contributed by atoms with Gasteiger partial charge in [0.2, 0.25) is 5.78 Å². The Balaban J connectivity index is 3.00. The minimum absolute atomic E-state index is 0.130. The van der Waals surface area contributed by atoms with Gasteiger partial charge in [-0.05, 0) is 18.2 Å². The molecule has 0 aliphatic heterocycles. The van der Waals surface area contributed by atoms with Crippen molar-refractivity contribution in [2.24, 2.45) is 0 Å². The number of aromatic hydroxyl groups is 1. The van der Waals surface area contributed by atoms with Gasteiger partial charge in [0.25, 0.3) is 6.54 Å². The smallest absolute Gasteiger partial charge is 0.265 e. The van der Waals surface area contributed by atoms with E-state index in [0.717, 1.165) is 0 Å². The van der Waals surface area contributed by atoms with Gasteiger partial charge in [0, 0.05) is 9.95 Å². The van der Waals surface area contributed by atoms with E-state index in [0.29, 0.717) is 0 Å². The molecule has 0 saturated carbocycles. The van der Waals surface area contributed by atoms with Crippen LogP contribution >= 0.6 is 11.6 Å². The molecule has 0 spiro atoms. The Kier molecular flexibility index (Phi) is 3.03. The van der Waals surface area contributed by atoms with Crippen LogP contribution in [0, 0.1) is 10.1 Å². The van der Waals surface area contributed by atoms with Gasteiger partial charge in [0.15, 0.2) is 0 Å². The maximum absolute atomic E-state index is 11.2. The topological polar surface area (TPSA) is 80.4 Å². The van der Waals surface area contributed by atoms with Crippen LogP contribution in [0.2, 0.25) is 5.02 Å². The quantitative estimate of drug-likeness (QED) is 0.471. The molecule has 0 aliphatic rings. The lowest BCUT2D eigenvalue weighted by Crippen LogP contribution is -2.13. The molecule has 0 radical (unpaired) electrons. The SMILES string of the molecule is O=C(C[N+](=O)[O-])c1cc(Cl)ccc1O. The van der Waals surface area contributed by atoms with Crippen molar-refractivity contribution >= 4 is 17.4 Å². The highest BCUT2D eigenvalue weighted by Crippen LogP contribution is 2.21. The fourth-order valence-electron chi connectivity index (χ4n) is 0.934. The van der Waals surface area contributed by atoms with Crippen LogP contribution in [0.25, 0.3) is 0 Å². The third kappa shape index (κ3) is 2.43. The van der Waals surface area contributed by atoms with Crippen molar-refractivity contribution in [3.05, 3.63) is 38.9 Å². The van der Waals surface area contributed by atoms with Gasteiger partial charge in [-0.25, -0.2) is 0 Å². The van der Waals surface area contributed by atoms with Crippen molar-refractivity contribution in [2.45, 2.75) is 0 Å². The predicted octanol–water partition coefficient (Wildman–Crippen LogP) is 1.51. The lowest BCUT2D eigenvalue weighted by molar-refractivity contribution is -0.465. The lowest BCUT2D eigenvalue weighted by Gasteiger charge is -2.00. The van der Waals surface area contributed by atoms with Crippen LogP contribution in [0.1, 0.15) is 10.4 Å². The summed E-state index contributed by atoms with van der Waals surface area (Å²) in [5.41, 5.74) is -0.130. The Morgan fingerprint density at radius 2 is 2.21 bits per heavy atom. The van der Waals surface area contributed by atoms with E-state index in [1.807, 2.05) is 0 Å². The summed E-state index contributed by atoms with van der Waals surface area (Å²) in [7, 11) is 0. The summed E-state index contributed by atoms with van der Waals surface area (Å²) in [6, 6.07) is 3.80. The van der Waals surface area contributed by atoms with Crippen molar-refractivity contribution in [2.75, 3.05) is 6.54 Å². The first kappa shape index (κ1) is 10.5. The number of Topliss-reactive ketones (excluding diaryl/α,β-unsaturated/α-hetero) is 1. The van der Waals surface area contributed by atoms with Crippen LogP contribution in [0.5, 0.6) is 5.75 Å². The van der Waals surface area contributed by atoms with Crippen molar-refractivity contribution in [3.8, 4) is 5.75 Å². The molecule has 0 heterocycles. The molecular weight excluding hydrogens is 210 g/mol. The zero-order valence-electron chi connectivity index (χ0n) is 6.94. The van der Waals surface area contributed by atoms with Gasteiger partial charge in [0.05, 0.1) is 5.56 Å². The fourth-order valence-corrected chi connectivity index (χ4v) is 1.11. The number of carbonyl (C=O) groups excluding carboxylic acids is 1. The van der Waals surface area contributed by atoms with E-state index in [1.54, 1.807) is 0 Å². The number of carbonyl (C=O) groups is 1. The van der Waals surface area contributed by atoms with E-state index in [-0.39, 0.29) is 16.3 Å². The summed E-state index contributed by atoms with van der Waals surface area (Å²) >= 11 is 5.56. The highest BCUT2D eigenvalue weighted by Gasteiger charge is 2.16. The number of halogens is 1. The molecule has 0 saturated heterocycles. The Morgan fingerprint density at radius 1 is 1.57 bits per heavy atom. The maximum Gasteiger partial charge on any atom is 0.265 e. The Morgan fingerprint density at radius 3 is 2.79 bits per heavy atom. The standard InChI is InChI=1S/C8H6ClNO4/c9-5-1-2-7(11)6(3-5)8(12)4-10(13)14/h1-3,11H,4H2. The van der Waals surface area contributed by atoms with Crippen LogP contribution in [-0.4, -0.2) is 22.4 Å². The summed E-state index contributed by atoms with van der Waals surface area (Å²) in [6.07, 6.45) is 0. The molecule has 1 N–H and O–H groups in total. The first-order valence-corrected chi connectivity index (χ1v) is 4.02. The maximum atomic E-state index is 11.2. The van der Waals surface area contributed by atoms with Crippen LogP contribution < -0.4 is 0 Å². The molecule has 74 valence electrons. The minimum Gasteiger partial charge on any atom is -0.507 e. The van der Waals surface area contributed by atoms with Crippen molar-refractivity contribution in [1.82, 2.24) is 0 Å². The molecule has 0 bridgehead atoms. The van der Waals surface area contributed by atoms with E-state index in [9.17, 15) is 20.0 Å². The first-order valence-electron chi connectivity index (χ1n) is 3.64. The lowest BCUT2D eigenvalue weighted by atomic mass is 10.1. The molecule has 1 aromatic rings. The normalized spacial score (nSPS) is 9.79. The van der Waals surface area contributed by atoms with Gasteiger partial charge in [-0.3, -0.25) is 14.9 Å². The largest absolute Gasteiger partial charge is 0.507 e. The molecule has 0 fully saturated rings. The van der Waals surface area contributed by atoms with Gasteiger partial charge >= 0.3 is 0 Å². The van der Waals surface area contributed by atoms with Crippen molar-refractivity contribution in [3.63, 3.8) is 0 Å². The van der Waals surface area contributed by atoms with E-state index in [4.69, 9.17) is 11.6 Å². The second-order valence-electron chi connectivity index (χ2n) is 2.58. The molecule has 0 amide bonds. The third-order valence-electron chi connectivity index (χ3n) is 1.53. The number of nitro groups is 1. The fraction of sp³-hybridized carbons (Fsp3) is 0.125. The van der Waals surface area contributed by atoms with Gasteiger partial charge in [-0.1, -0.05) is 11.6 Å². The van der Waals surface area contributed by atoms with Gasteiger partial charge in [-0.15, -0.1) is 0 Å². The molecule has 0 atom stereocenters. The summed E-state index contributed by atoms with van der Waals surface area (Å²) in [5.74, 6) is -1.07. The Bertz CT molecular complexity index is 391. The monoisotopic (exact) mass is 215 g/mol. The Labute approximate surface area is 84.1 Å². The summed E-state index contributed by atoms with van der Waals surface area (Å²) in [5, 5.41) is 19.5. The van der Waals surface area contributed by atoms with Crippen molar-refractivity contribution in [1.29, 1.82) is 0 Å². The number of rotatable bonds is 3. The minimum atomic E-state index is -0.853. The number of ketones is 1. The summed E-state index contributed by atoms with van der Waals surface area (Å²) in [4.78, 5) is 20.5. The predicted molar refractivity (Wildman–Crippen MR) is 49.3 cm³/mol. The number of hydrogen-bond donors (Lipinski definition) is 1.